The van der Waals surface area contributed by atoms with Gasteiger partial charge < -0.3 is 4.74 Å². The van der Waals surface area contributed by atoms with E-state index in [4.69, 9.17) is 4.74 Å². The molecular weight excluding hydrogens is 256 g/mol. The summed E-state index contributed by atoms with van der Waals surface area (Å²) < 4.78 is 5.96. The van der Waals surface area contributed by atoms with Crippen LogP contribution >= 0.6 is 0 Å². The van der Waals surface area contributed by atoms with E-state index in [0.29, 0.717) is 22.3 Å². The zero-order valence-electron chi connectivity index (χ0n) is 14.8. The van der Waals surface area contributed by atoms with Gasteiger partial charge in [-0.15, -0.1) is 0 Å². The van der Waals surface area contributed by atoms with Crippen LogP contribution in [0.15, 0.2) is 0 Å². The molecule has 0 aromatic rings. The second-order valence-electron chi connectivity index (χ2n) is 9.63. The predicted octanol–water partition coefficient (Wildman–Crippen LogP) is 5.97. The molecule has 0 aliphatic heterocycles. The maximum absolute atomic E-state index is 5.96. The van der Waals surface area contributed by atoms with E-state index in [0.717, 1.165) is 5.92 Å². The Morgan fingerprint density at radius 1 is 0.810 bits per heavy atom. The third-order valence-corrected chi connectivity index (χ3v) is 7.69. The normalized spacial score (nSPS) is 37.7. The SMILES string of the molecule is COC1CC(C)CCC12CCC1(CCC(C)(C)CC1)CC2. The summed E-state index contributed by atoms with van der Waals surface area (Å²) in [6, 6.07) is 0. The van der Waals surface area contributed by atoms with Gasteiger partial charge in [0.2, 0.25) is 0 Å². The lowest BCUT2D eigenvalue weighted by atomic mass is 9.52. The van der Waals surface area contributed by atoms with Crippen LogP contribution in [0.2, 0.25) is 0 Å². The Kier molecular flexibility index (Phi) is 4.19. The van der Waals surface area contributed by atoms with Gasteiger partial charge in [-0.3, -0.25) is 0 Å². The first kappa shape index (κ1) is 15.8. The molecule has 3 aliphatic carbocycles. The fourth-order valence-corrected chi connectivity index (χ4v) is 5.58. The molecule has 2 spiro atoms. The molecule has 21 heavy (non-hydrogen) atoms. The average molecular weight is 293 g/mol. The number of hydrogen-bond donors (Lipinski definition) is 0. The highest BCUT2D eigenvalue weighted by Gasteiger charge is 2.50. The maximum Gasteiger partial charge on any atom is 0.0630 e. The van der Waals surface area contributed by atoms with E-state index in [1.165, 1.54) is 70.6 Å². The zero-order valence-corrected chi connectivity index (χ0v) is 14.8. The molecule has 0 N–H and O–H groups in total. The van der Waals surface area contributed by atoms with Crippen LogP contribution in [0.5, 0.6) is 0 Å². The van der Waals surface area contributed by atoms with E-state index in [2.05, 4.69) is 20.8 Å². The van der Waals surface area contributed by atoms with Gasteiger partial charge in [0.25, 0.3) is 0 Å². The third-order valence-electron chi connectivity index (χ3n) is 7.69. The van der Waals surface area contributed by atoms with E-state index in [1.54, 1.807) is 0 Å². The first-order valence-electron chi connectivity index (χ1n) is 9.42. The Hall–Kier alpha value is -0.0400. The molecule has 0 heterocycles. The maximum atomic E-state index is 5.96. The summed E-state index contributed by atoms with van der Waals surface area (Å²) in [6.45, 7) is 7.34. The topological polar surface area (TPSA) is 9.23 Å². The molecule has 0 saturated heterocycles. The lowest BCUT2D eigenvalue weighted by Crippen LogP contribution is -2.47. The summed E-state index contributed by atoms with van der Waals surface area (Å²) in [5, 5.41) is 0. The lowest BCUT2D eigenvalue weighted by Gasteiger charge is -2.54. The molecule has 0 amide bonds. The molecule has 3 aliphatic rings. The summed E-state index contributed by atoms with van der Waals surface area (Å²) in [5.41, 5.74) is 1.86. The van der Waals surface area contributed by atoms with Gasteiger partial charge in [0.05, 0.1) is 6.10 Å². The van der Waals surface area contributed by atoms with Gasteiger partial charge in [-0.2, -0.15) is 0 Å². The molecule has 2 atom stereocenters. The number of hydrogen-bond acceptors (Lipinski definition) is 1. The van der Waals surface area contributed by atoms with Crippen molar-refractivity contribution in [1.29, 1.82) is 0 Å². The van der Waals surface area contributed by atoms with E-state index < -0.39 is 0 Å². The molecule has 122 valence electrons. The molecule has 2 unspecified atom stereocenters. The molecular formula is C20H36O. The van der Waals surface area contributed by atoms with Gasteiger partial charge in [-0.25, -0.2) is 0 Å². The van der Waals surface area contributed by atoms with E-state index in [9.17, 15) is 0 Å². The lowest BCUT2D eigenvalue weighted by molar-refractivity contribution is -0.101. The minimum Gasteiger partial charge on any atom is -0.381 e. The molecule has 3 rings (SSSR count). The third kappa shape index (κ3) is 3.05. The van der Waals surface area contributed by atoms with Gasteiger partial charge in [0.1, 0.15) is 0 Å². The molecule has 1 nitrogen and oxygen atoms in total. The Morgan fingerprint density at radius 2 is 1.38 bits per heavy atom. The van der Waals surface area contributed by atoms with Gasteiger partial charge in [0.15, 0.2) is 0 Å². The largest absolute Gasteiger partial charge is 0.381 e. The number of ether oxygens (including phenoxy) is 1. The van der Waals surface area contributed by atoms with Crippen LogP contribution < -0.4 is 0 Å². The van der Waals surface area contributed by atoms with Crippen LogP contribution in [0.1, 0.15) is 91.4 Å². The van der Waals surface area contributed by atoms with Crippen LogP contribution in [0.25, 0.3) is 0 Å². The standard InChI is InChI=1S/C20H36O/c1-16-5-6-20(17(15-16)21-4)13-11-19(12-14-20)9-7-18(2,3)8-10-19/h16-17H,5-15H2,1-4H3. The molecule has 0 radical (unpaired) electrons. The van der Waals surface area contributed by atoms with Gasteiger partial charge in [-0.05, 0) is 92.8 Å². The fourth-order valence-electron chi connectivity index (χ4n) is 5.58. The van der Waals surface area contributed by atoms with Crippen molar-refractivity contribution in [2.24, 2.45) is 22.2 Å². The molecule has 3 saturated carbocycles. The quantitative estimate of drug-likeness (QED) is 0.578. The molecule has 3 fully saturated rings. The minimum atomic E-state index is 0.540. The second-order valence-corrected chi connectivity index (χ2v) is 9.63. The molecule has 0 aromatic heterocycles. The van der Waals surface area contributed by atoms with Gasteiger partial charge >= 0.3 is 0 Å². The number of methoxy groups -OCH3 is 1. The van der Waals surface area contributed by atoms with Crippen LogP contribution in [-0.2, 0) is 4.74 Å². The van der Waals surface area contributed by atoms with Crippen molar-refractivity contribution in [3.63, 3.8) is 0 Å². The summed E-state index contributed by atoms with van der Waals surface area (Å²) in [5.74, 6) is 0.868. The van der Waals surface area contributed by atoms with Crippen molar-refractivity contribution in [1.82, 2.24) is 0 Å². The molecule has 0 aromatic carbocycles. The van der Waals surface area contributed by atoms with Crippen molar-refractivity contribution in [2.75, 3.05) is 7.11 Å². The van der Waals surface area contributed by atoms with E-state index in [1.807, 2.05) is 7.11 Å². The van der Waals surface area contributed by atoms with Crippen LogP contribution in [0, 0.1) is 22.2 Å². The summed E-state index contributed by atoms with van der Waals surface area (Å²) in [7, 11) is 1.96. The fraction of sp³-hybridized carbons (Fsp3) is 1.00. The Morgan fingerprint density at radius 3 is 1.95 bits per heavy atom. The Balaban J connectivity index is 1.64. The minimum absolute atomic E-state index is 0.540. The van der Waals surface area contributed by atoms with Crippen LogP contribution in [0.3, 0.4) is 0 Å². The van der Waals surface area contributed by atoms with Crippen LogP contribution in [-0.4, -0.2) is 13.2 Å². The van der Waals surface area contributed by atoms with E-state index in [-0.39, 0.29) is 0 Å². The van der Waals surface area contributed by atoms with Gasteiger partial charge in [0, 0.05) is 7.11 Å². The highest BCUT2D eigenvalue weighted by Crippen LogP contribution is 2.59. The summed E-state index contributed by atoms with van der Waals surface area (Å²) in [4.78, 5) is 0. The highest BCUT2D eigenvalue weighted by molar-refractivity contribution is 5.01. The van der Waals surface area contributed by atoms with Crippen molar-refractivity contribution in [2.45, 2.75) is 97.5 Å². The first-order valence-corrected chi connectivity index (χ1v) is 9.42. The second kappa shape index (κ2) is 5.55. The van der Waals surface area contributed by atoms with Crippen molar-refractivity contribution in [3.8, 4) is 0 Å². The molecule has 1 heteroatoms. The van der Waals surface area contributed by atoms with Gasteiger partial charge in [-0.1, -0.05) is 20.8 Å². The highest BCUT2D eigenvalue weighted by atomic mass is 16.5. The van der Waals surface area contributed by atoms with Crippen molar-refractivity contribution >= 4 is 0 Å². The Labute approximate surface area is 132 Å². The van der Waals surface area contributed by atoms with E-state index >= 15 is 0 Å². The Bertz CT molecular complexity index is 350. The average Bonchev–Trinajstić information content (AvgIpc) is 2.48. The zero-order chi connectivity index (χ0) is 15.1. The van der Waals surface area contributed by atoms with Crippen LogP contribution in [0.4, 0.5) is 0 Å². The monoisotopic (exact) mass is 292 g/mol. The molecule has 0 bridgehead atoms. The smallest absolute Gasteiger partial charge is 0.0630 e. The summed E-state index contributed by atoms with van der Waals surface area (Å²) >= 11 is 0. The summed E-state index contributed by atoms with van der Waals surface area (Å²) in [6.07, 6.45) is 16.4. The van der Waals surface area contributed by atoms with Crippen molar-refractivity contribution < 1.29 is 4.74 Å². The van der Waals surface area contributed by atoms with Crippen molar-refractivity contribution in [3.05, 3.63) is 0 Å². The predicted molar refractivity (Wildman–Crippen MR) is 89.4 cm³/mol. The number of rotatable bonds is 1. The first-order chi connectivity index (χ1) is 9.89.